The number of aromatic nitrogens is 1. The minimum atomic E-state index is -0.276. The number of benzene rings is 1. The fourth-order valence-electron chi connectivity index (χ4n) is 4.52. The SMILES string of the molecule is Cc1cc(CC2CN(CCCN3CCN(c4cccc(Cl)c4)CC3)CC2O)on1. The molecule has 4 rings (SSSR count). The van der Waals surface area contributed by atoms with Crippen molar-refractivity contribution in [2.24, 2.45) is 5.92 Å². The highest BCUT2D eigenvalue weighted by Crippen LogP contribution is 2.23. The molecule has 7 heteroatoms. The van der Waals surface area contributed by atoms with Gasteiger partial charge in [-0.1, -0.05) is 22.8 Å². The van der Waals surface area contributed by atoms with E-state index in [2.05, 4.69) is 25.9 Å². The van der Waals surface area contributed by atoms with E-state index in [4.69, 9.17) is 16.1 Å². The molecule has 29 heavy (non-hydrogen) atoms. The zero-order valence-corrected chi connectivity index (χ0v) is 17.9. The number of likely N-dealkylation sites (tertiary alicyclic amines) is 1. The van der Waals surface area contributed by atoms with Gasteiger partial charge in [-0.15, -0.1) is 0 Å². The number of aliphatic hydroxyl groups excluding tert-OH is 1. The molecule has 2 fully saturated rings. The molecule has 1 aromatic carbocycles. The zero-order valence-electron chi connectivity index (χ0n) is 17.1. The lowest BCUT2D eigenvalue weighted by Crippen LogP contribution is -2.47. The maximum absolute atomic E-state index is 10.4. The van der Waals surface area contributed by atoms with E-state index in [1.807, 2.05) is 31.2 Å². The summed E-state index contributed by atoms with van der Waals surface area (Å²) in [6.07, 6.45) is 1.63. The molecule has 0 radical (unpaired) electrons. The van der Waals surface area contributed by atoms with Gasteiger partial charge >= 0.3 is 0 Å². The normalized spacial score (nSPS) is 23.8. The molecule has 3 heterocycles. The molecule has 2 aliphatic heterocycles. The van der Waals surface area contributed by atoms with Gasteiger partial charge < -0.3 is 19.4 Å². The van der Waals surface area contributed by atoms with Crippen molar-refractivity contribution in [1.82, 2.24) is 15.0 Å². The average molecular weight is 419 g/mol. The third kappa shape index (κ3) is 5.51. The van der Waals surface area contributed by atoms with Crippen LogP contribution in [0.15, 0.2) is 34.9 Å². The van der Waals surface area contributed by atoms with E-state index in [1.165, 1.54) is 5.69 Å². The number of rotatable bonds is 7. The van der Waals surface area contributed by atoms with E-state index in [0.717, 1.165) is 81.7 Å². The second-order valence-corrected chi connectivity index (χ2v) is 8.82. The first kappa shape index (κ1) is 20.7. The van der Waals surface area contributed by atoms with Crippen molar-refractivity contribution < 1.29 is 9.63 Å². The largest absolute Gasteiger partial charge is 0.391 e. The van der Waals surface area contributed by atoms with Crippen LogP contribution in [0, 0.1) is 12.8 Å². The number of aryl methyl sites for hydroxylation is 1. The van der Waals surface area contributed by atoms with E-state index in [0.29, 0.717) is 0 Å². The molecule has 0 aliphatic carbocycles. The summed E-state index contributed by atoms with van der Waals surface area (Å²) in [5, 5.41) is 15.2. The summed E-state index contributed by atoms with van der Waals surface area (Å²) >= 11 is 6.12. The molecule has 2 aliphatic rings. The Morgan fingerprint density at radius 3 is 2.62 bits per heavy atom. The van der Waals surface area contributed by atoms with E-state index in [-0.39, 0.29) is 12.0 Å². The third-order valence-electron chi connectivity index (χ3n) is 6.12. The van der Waals surface area contributed by atoms with Crippen molar-refractivity contribution in [3.8, 4) is 0 Å². The van der Waals surface area contributed by atoms with Gasteiger partial charge in [0.1, 0.15) is 5.76 Å². The fourth-order valence-corrected chi connectivity index (χ4v) is 4.70. The standard InChI is InChI=1S/C22H31ClN4O2/c1-17-12-21(29-24-17)13-18-15-26(16-22(18)28)7-3-6-25-8-10-27(11-9-25)20-5-2-4-19(23)14-20/h2,4-5,12,14,18,22,28H,3,6-11,13,15-16H2,1H3. The summed E-state index contributed by atoms with van der Waals surface area (Å²) in [4.78, 5) is 7.35. The van der Waals surface area contributed by atoms with Crippen molar-refractivity contribution >= 4 is 17.3 Å². The minimum Gasteiger partial charge on any atom is -0.391 e. The minimum absolute atomic E-state index is 0.239. The van der Waals surface area contributed by atoms with Crippen LogP contribution in [-0.2, 0) is 6.42 Å². The van der Waals surface area contributed by atoms with E-state index in [1.54, 1.807) is 0 Å². The Bertz CT molecular complexity index is 791. The Morgan fingerprint density at radius 1 is 1.10 bits per heavy atom. The van der Waals surface area contributed by atoms with Gasteiger partial charge in [0.2, 0.25) is 0 Å². The molecule has 1 N–H and O–H groups in total. The molecule has 2 atom stereocenters. The fraction of sp³-hybridized carbons (Fsp3) is 0.591. The smallest absolute Gasteiger partial charge is 0.137 e. The number of piperazine rings is 1. The second kappa shape index (κ2) is 9.47. The monoisotopic (exact) mass is 418 g/mol. The molecule has 1 aromatic heterocycles. The number of nitrogens with zero attached hydrogens (tertiary/aromatic N) is 4. The Labute approximate surface area is 178 Å². The average Bonchev–Trinajstić information content (AvgIpc) is 3.28. The molecular weight excluding hydrogens is 388 g/mol. The number of anilines is 1. The van der Waals surface area contributed by atoms with Crippen molar-refractivity contribution in [3.05, 3.63) is 46.8 Å². The van der Waals surface area contributed by atoms with Gasteiger partial charge in [0.05, 0.1) is 11.8 Å². The maximum atomic E-state index is 10.4. The van der Waals surface area contributed by atoms with Gasteiger partial charge in [0, 0.05) is 68.4 Å². The third-order valence-corrected chi connectivity index (χ3v) is 6.35. The molecule has 2 saturated heterocycles. The van der Waals surface area contributed by atoms with Crippen LogP contribution >= 0.6 is 11.6 Å². The molecule has 0 bridgehead atoms. The van der Waals surface area contributed by atoms with E-state index >= 15 is 0 Å². The molecule has 6 nitrogen and oxygen atoms in total. The van der Waals surface area contributed by atoms with Crippen molar-refractivity contribution in [3.63, 3.8) is 0 Å². The highest BCUT2D eigenvalue weighted by molar-refractivity contribution is 6.30. The van der Waals surface area contributed by atoms with Crippen LogP contribution in [0.3, 0.4) is 0 Å². The lowest BCUT2D eigenvalue weighted by atomic mass is 10.0. The highest BCUT2D eigenvalue weighted by Gasteiger charge is 2.32. The lowest BCUT2D eigenvalue weighted by molar-refractivity contribution is 0.137. The van der Waals surface area contributed by atoms with Gasteiger partial charge in [0.25, 0.3) is 0 Å². The predicted octanol–water partition coefficient (Wildman–Crippen LogP) is 2.68. The van der Waals surface area contributed by atoms with Crippen molar-refractivity contribution in [1.29, 1.82) is 0 Å². The summed E-state index contributed by atoms with van der Waals surface area (Å²) in [5.41, 5.74) is 2.12. The molecule has 0 spiro atoms. The molecule has 0 saturated carbocycles. The zero-order chi connectivity index (χ0) is 20.2. The van der Waals surface area contributed by atoms with Crippen LogP contribution in [0.1, 0.15) is 17.9 Å². The van der Waals surface area contributed by atoms with Gasteiger partial charge in [-0.25, -0.2) is 0 Å². The topological polar surface area (TPSA) is 56.0 Å². The number of hydrogen-bond donors (Lipinski definition) is 1. The van der Waals surface area contributed by atoms with Gasteiger partial charge in [-0.05, 0) is 44.6 Å². The van der Waals surface area contributed by atoms with Crippen molar-refractivity contribution in [2.75, 3.05) is 57.3 Å². The van der Waals surface area contributed by atoms with Crippen molar-refractivity contribution in [2.45, 2.75) is 25.9 Å². The Balaban J connectivity index is 1.16. The first-order chi connectivity index (χ1) is 14.1. The van der Waals surface area contributed by atoms with Crippen LogP contribution in [0.5, 0.6) is 0 Å². The molecule has 2 unspecified atom stereocenters. The Hall–Kier alpha value is -1.60. The molecular formula is C22H31ClN4O2. The van der Waals surface area contributed by atoms with Gasteiger partial charge in [-0.3, -0.25) is 4.90 Å². The first-order valence-corrected chi connectivity index (χ1v) is 11.0. The predicted molar refractivity (Wildman–Crippen MR) is 116 cm³/mol. The number of aliphatic hydroxyl groups is 1. The first-order valence-electron chi connectivity index (χ1n) is 10.6. The summed E-state index contributed by atoms with van der Waals surface area (Å²) in [7, 11) is 0. The second-order valence-electron chi connectivity index (χ2n) is 8.39. The van der Waals surface area contributed by atoms with Crippen LogP contribution in [0.4, 0.5) is 5.69 Å². The lowest BCUT2D eigenvalue weighted by Gasteiger charge is -2.36. The number of halogens is 1. The maximum Gasteiger partial charge on any atom is 0.137 e. The quantitative estimate of drug-likeness (QED) is 0.746. The van der Waals surface area contributed by atoms with Crippen LogP contribution in [0.25, 0.3) is 0 Å². The van der Waals surface area contributed by atoms with E-state index in [9.17, 15) is 5.11 Å². The van der Waals surface area contributed by atoms with E-state index < -0.39 is 0 Å². The van der Waals surface area contributed by atoms with Gasteiger partial charge in [0.15, 0.2) is 0 Å². The van der Waals surface area contributed by atoms with Gasteiger partial charge in [-0.2, -0.15) is 0 Å². The highest BCUT2D eigenvalue weighted by atomic mass is 35.5. The molecule has 158 valence electrons. The van der Waals surface area contributed by atoms with Crippen LogP contribution in [0.2, 0.25) is 5.02 Å². The summed E-state index contributed by atoms with van der Waals surface area (Å²) in [5.74, 6) is 1.12. The summed E-state index contributed by atoms with van der Waals surface area (Å²) in [6, 6.07) is 10.1. The molecule has 2 aromatic rings. The Morgan fingerprint density at radius 2 is 1.90 bits per heavy atom. The number of hydrogen-bond acceptors (Lipinski definition) is 6. The number of β-amino-alcohol motifs (C(OH)–C–C–N with tert-alkyl or cyclic N) is 1. The van der Waals surface area contributed by atoms with Crippen LogP contribution in [-0.4, -0.2) is 78.5 Å². The summed E-state index contributed by atoms with van der Waals surface area (Å²) in [6.45, 7) is 10.0. The van der Waals surface area contributed by atoms with Crippen LogP contribution < -0.4 is 4.90 Å². The Kier molecular flexibility index (Phi) is 6.75. The molecule has 0 amide bonds. The summed E-state index contributed by atoms with van der Waals surface area (Å²) < 4.78 is 5.32.